The van der Waals surface area contributed by atoms with E-state index in [2.05, 4.69) is 17.2 Å². The van der Waals surface area contributed by atoms with E-state index in [1.54, 1.807) is 11.3 Å². The maximum absolute atomic E-state index is 9.94. The largest absolute Gasteiger partial charge is 0.389 e. The second-order valence-electron chi connectivity index (χ2n) is 5.71. The van der Waals surface area contributed by atoms with Crippen LogP contribution in [0.4, 0.5) is 0 Å². The van der Waals surface area contributed by atoms with Crippen LogP contribution in [0.5, 0.6) is 0 Å². The third-order valence-corrected chi connectivity index (χ3v) is 5.32. The van der Waals surface area contributed by atoms with Gasteiger partial charge in [0.15, 0.2) is 0 Å². The van der Waals surface area contributed by atoms with E-state index >= 15 is 0 Å². The molecule has 1 fully saturated rings. The van der Waals surface area contributed by atoms with Gasteiger partial charge in [-0.15, -0.1) is 11.3 Å². The van der Waals surface area contributed by atoms with E-state index in [0.717, 1.165) is 18.5 Å². The minimum Gasteiger partial charge on any atom is -0.389 e. The Balaban J connectivity index is 1.56. The molecule has 0 aliphatic heterocycles. The molecule has 1 aromatic heterocycles. The monoisotopic (exact) mass is 298 g/mol. The molecule has 1 aliphatic rings. The van der Waals surface area contributed by atoms with Crippen molar-refractivity contribution in [1.82, 2.24) is 10.3 Å². The summed E-state index contributed by atoms with van der Waals surface area (Å²) >= 11 is 1.67. The minimum atomic E-state index is -0.415. The lowest BCUT2D eigenvalue weighted by Crippen LogP contribution is -2.53. The van der Waals surface area contributed by atoms with Crippen LogP contribution in [0.25, 0.3) is 0 Å². The Kier molecular flexibility index (Phi) is 5.96. The maximum atomic E-state index is 9.94. The van der Waals surface area contributed by atoms with Crippen molar-refractivity contribution in [2.45, 2.75) is 57.6 Å². The van der Waals surface area contributed by atoms with Crippen LogP contribution in [0.1, 0.15) is 43.2 Å². The Morgan fingerprint density at radius 1 is 1.55 bits per heavy atom. The van der Waals surface area contributed by atoms with E-state index in [1.807, 2.05) is 12.4 Å². The summed E-state index contributed by atoms with van der Waals surface area (Å²) in [5.74, 6) is 0. The molecule has 1 atom stereocenters. The number of aliphatic hydroxyl groups excluding tert-OH is 1. The van der Waals surface area contributed by atoms with Gasteiger partial charge in [-0.25, -0.2) is 4.98 Å². The molecule has 2 rings (SSSR count). The zero-order valence-electron chi connectivity index (χ0n) is 12.5. The Hall–Kier alpha value is -0.490. The number of rotatable bonds is 9. The summed E-state index contributed by atoms with van der Waals surface area (Å²) in [5, 5.41) is 13.4. The Morgan fingerprint density at radius 2 is 2.35 bits per heavy atom. The number of ether oxygens (including phenoxy) is 1. The molecule has 1 aromatic rings. The summed E-state index contributed by atoms with van der Waals surface area (Å²) in [5.41, 5.74) is 3.25. The van der Waals surface area contributed by atoms with Gasteiger partial charge in [0, 0.05) is 23.4 Å². The number of aromatic nitrogens is 1. The van der Waals surface area contributed by atoms with E-state index in [-0.39, 0.29) is 0 Å². The number of nitrogens with zero attached hydrogens (tertiary/aromatic N) is 1. The molecule has 0 spiro atoms. The van der Waals surface area contributed by atoms with Crippen LogP contribution in [-0.4, -0.2) is 41.5 Å². The van der Waals surface area contributed by atoms with E-state index in [1.165, 1.54) is 24.1 Å². The lowest BCUT2D eigenvalue weighted by molar-refractivity contribution is 0.0286. The van der Waals surface area contributed by atoms with Crippen molar-refractivity contribution >= 4 is 11.3 Å². The quantitative estimate of drug-likeness (QED) is 0.687. The smallest absolute Gasteiger partial charge is 0.0897 e. The fraction of sp³-hybridized carbons (Fsp3) is 0.800. The van der Waals surface area contributed by atoms with E-state index in [9.17, 15) is 5.11 Å². The maximum Gasteiger partial charge on any atom is 0.0897 e. The highest BCUT2D eigenvalue weighted by Gasteiger charge is 2.34. The normalized spacial score (nSPS) is 18.8. The van der Waals surface area contributed by atoms with Gasteiger partial charge in [0.05, 0.1) is 30.5 Å². The number of hydrogen-bond acceptors (Lipinski definition) is 5. The highest BCUT2D eigenvalue weighted by molar-refractivity contribution is 7.09. The lowest BCUT2D eigenvalue weighted by atomic mass is 9.75. The molecule has 0 amide bonds. The van der Waals surface area contributed by atoms with Crippen molar-refractivity contribution < 1.29 is 9.84 Å². The van der Waals surface area contributed by atoms with Crippen molar-refractivity contribution in [3.05, 3.63) is 16.1 Å². The highest BCUT2D eigenvalue weighted by Crippen LogP contribution is 2.34. The standard InChI is InChI=1S/C15H26N2O2S/c1-3-15(6-4-7-15)17-9-13(18)10-19-8-5-14-12(2)16-11-20-14/h11,13,17-18H,3-10H2,1-2H3. The first kappa shape index (κ1) is 15.9. The average molecular weight is 298 g/mol. The summed E-state index contributed by atoms with van der Waals surface area (Å²) in [7, 11) is 0. The number of thiazole rings is 1. The van der Waals surface area contributed by atoms with E-state index < -0.39 is 6.10 Å². The van der Waals surface area contributed by atoms with Crippen LogP contribution in [0.15, 0.2) is 5.51 Å². The van der Waals surface area contributed by atoms with Crippen LogP contribution in [0, 0.1) is 6.92 Å². The van der Waals surface area contributed by atoms with E-state index in [4.69, 9.17) is 4.74 Å². The Bertz CT molecular complexity index is 399. The molecule has 1 heterocycles. The first-order chi connectivity index (χ1) is 9.65. The SMILES string of the molecule is CCC1(NCC(O)COCCc2scnc2C)CCC1. The van der Waals surface area contributed by atoms with Gasteiger partial charge in [0.1, 0.15) is 0 Å². The van der Waals surface area contributed by atoms with E-state index in [0.29, 0.717) is 25.3 Å². The van der Waals surface area contributed by atoms with Crippen LogP contribution in [0.3, 0.4) is 0 Å². The van der Waals surface area contributed by atoms with Crippen molar-refractivity contribution in [3.8, 4) is 0 Å². The molecular formula is C15H26N2O2S. The summed E-state index contributed by atoms with van der Waals surface area (Å²) in [6.45, 7) is 5.93. The molecule has 0 saturated heterocycles. The number of β-amino-alcohol motifs (C(OH)–C–C–N with tert-alkyl or cyclic N) is 1. The third-order valence-electron chi connectivity index (χ3n) is 4.33. The minimum absolute atomic E-state index is 0.292. The van der Waals surface area contributed by atoms with Gasteiger partial charge < -0.3 is 15.2 Å². The zero-order chi connectivity index (χ0) is 14.4. The molecule has 1 aliphatic carbocycles. The fourth-order valence-electron chi connectivity index (χ4n) is 2.60. The predicted molar refractivity (Wildman–Crippen MR) is 82.3 cm³/mol. The van der Waals surface area contributed by atoms with Crippen LogP contribution in [0.2, 0.25) is 0 Å². The topological polar surface area (TPSA) is 54.4 Å². The number of hydrogen-bond donors (Lipinski definition) is 2. The average Bonchev–Trinajstić information content (AvgIpc) is 2.80. The van der Waals surface area contributed by atoms with Gasteiger partial charge in [-0.2, -0.15) is 0 Å². The molecule has 0 radical (unpaired) electrons. The molecule has 1 saturated carbocycles. The summed E-state index contributed by atoms with van der Waals surface area (Å²) in [6.07, 6.45) is 5.40. The molecule has 0 bridgehead atoms. The molecular weight excluding hydrogens is 272 g/mol. The van der Waals surface area contributed by atoms with Gasteiger partial charge in [-0.3, -0.25) is 0 Å². The van der Waals surface area contributed by atoms with Crippen LogP contribution >= 0.6 is 11.3 Å². The van der Waals surface area contributed by atoms with Crippen molar-refractivity contribution in [1.29, 1.82) is 0 Å². The van der Waals surface area contributed by atoms with Gasteiger partial charge in [-0.05, 0) is 32.6 Å². The van der Waals surface area contributed by atoms with Gasteiger partial charge in [-0.1, -0.05) is 6.92 Å². The van der Waals surface area contributed by atoms with Crippen LogP contribution in [-0.2, 0) is 11.2 Å². The molecule has 5 heteroatoms. The number of aryl methyl sites for hydroxylation is 1. The van der Waals surface area contributed by atoms with Crippen molar-refractivity contribution in [3.63, 3.8) is 0 Å². The van der Waals surface area contributed by atoms with Crippen LogP contribution < -0.4 is 5.32 Å². The fourth-order valence-corrected chi connectivity index (χ4v) is 3.36. The predicted octanol–water partition coefficient (Wildman–Crippen LogP) is 2.29. The molecule has 0 aromatic carbocycles. The Labute approximate surface area is 125 Å². The molecule has 20 heavy (non-hydrogen) atoms. The van der Waals surface area contributed by atoms with Gasteiger partial charge in [0.25, 0.3) is 0 Å². The molecule has 2 N–H and O–H groups in total. The molecule has 1 unspecified atom stereocenters. The van der Waals surface area contributed by atoms with Gasteiger partial charge >= 0.3 is 0 Å². The van der Waals surface area contributed by atoms with Crippen molar-refractivity contribution in [2.75, 3.05) is 19.8 Å². The zero-order valence-corrected chi connectivity index (χ0v) is 13.3. The van der Waals surface area contributed by atoms with Gasteiger partial charge in [0.2, 0.25) is 0 Å². The second-order valence-corrected chi connectivity index (χ2v) is 6.65. The first-order valence-electron chi connectivity index (χ1n) is 7.55. The highest BCUT2D eigenvalue weighted by atomic mass is 32.1. The summed E-state index contributed by atoms with van der Waals surface area (Å²) in [4.78, 5) is 5.49. The summed E-state index contributed by atoms with van der Waals surface area (Å²) < 4.78 is 5.56. The third kappa shape index (κ3) is 4.25. The second kappa shape index (κ2) is 7.50. The Morgan fingerprint density at radius 3 is 2.90 bits per heavy atom. The molecule has 114 valence electrons. The summed E-state index contributed by atoms with van der Waals surface area (Å²) in [6, 6.07) is 0. The van der Waals surface area contributed by atoms with Crippen molar-refractivity contribution in [2.24, 2.45) is 0 Å². The molecule has 4 nitrogen and oxygen atoms in total. The lowest BCUT2D eigenvalue weighted by Gasteiger charge is -2.42. The number of nitrogens with one attached hydrogen (secondary N) is 1. The number of aliphatic hydroxyl groups is 1. The first-order valence-corrected chi connectivity index (χ1v) is 8.43.